The maximum Gasteiger partial charge on any atom is 0.307 e. The molecule has 1 saturated heterocycles. The molecule has 3 rings (SSSR count). The Hall–Kier alpha value is -1.79. The molecule has 0 aromatic heterocycles. The summed E-state index contributed by atoms with van der Waals surface area (Å²) >= 11 is 11.9. The summed E-state index contributed by atoms with van der Waals surface area (Å²) in [6.45, 7) is 0.468. The van der Waals surface area contributed by atoms with Gasteiger partial charge in [0.1, 0.15) is 6.04 Å². The molecule has 3 atom stereocenters. The Bertz CT molecular complexity index is 704. The molecular formula is C17H18Cl2N2O4. The van der Waals surface area contributed by atoms with E-state index in [-0.39, 0.29) is 11.8 Å². The quantitative estimate of drug-likeness (QED) is 0.834. The second-order valence-corrected chi connectivity index (χ2v) is 7.34. The van der Waals surface area contributed by atoms with Crippen LogP contribution in [0.15, 0.2) is 18.2 Å². The van der Waals surface area contributed by atoms with Crippen LogP contribution < -0.4 is 5.32 Å². The first-order valence-corrected chi connectivity index (χ1v) is 8.92. The number of carboxylic acid groups (broad SMARTS) is 1. The van der Waals surface area contributed by atoms with Crippen LogP contribution in [0.3, 0.4) is 0 Å². The minimum absolute atomic E-state index is 0.236. The Kier molecular flexibility index (Phi) is 5.20. The van der Waals surface area contributed by atoms with Gasteiger partial charge in [-0.3, -0.25) is 14.4 Å². The van der Waals surface area contributed by atoms with Gasteiger partial charge in [0, 0.05) is 22.3 Å². The third kappa shape index (κ3) is 3.75. The van der Waals surface area contributed by atoms with Gasteiger partial charge in [0.15, 0.2) is 0 Å². The number of nitrogens with one attached hydrogen (secondary N) is 1. The predicted molar refractivity (Wildman–Crippen MR) is 93.7 cm³/mol. The van der Waals surface area contributed by atoms with Gasteiger partial charge in [0.05, 0.1) is 11.8 Å². The highest BCUT2D eigenvalue weighted by Crippen LogP contribution is 2.37. The fourth-order valence-electron chi connectivity index (χ4n) is 3.46. The lowest BCUT2D eigenvalue weighted by Crippen LogP contribution is -2.50. The van der Waals surface area contributed by atoms with Crippen LogP contribution in [0.5, 0.6) is 0 Å². The Morgan fingerprint density at radius 3 is 2.24 bits per heavy atom. The zero-order valence-electron chi connectivity index (χ0n) is 13.4. The van der Waals surface area contributed by atoms with Gasteiger partial charge in [-0.25, -0.2) is 0 Å². The number of anilines is 1. The first kappa shape index (κ1) is 18.0. The lowest BCUT2D eigenvalue weighted by molar-refractivity contribution is -0.157. The average molecular weight is 385 g/mol. The van der Waals surface area contributed by atoms with Crippen molar-refractivity contribution >= 4 is 46.7 Å². The number of carboxylic acids is 1. The molecule has 8 heteroatoms. The molecule has 0 radical (unpaired) electrons. The van der Waals surface area contributed by atoms with Crippen molar-refractivity contribution in [2.75, 3.05) is 11.9 Å². The predicted octanol–water partition coefficient (Wildman–Crippen LogP) is 3.03. The molecule has 1 saturated carbocycles. The van der Waals surface area contributed by atoms with Crippen molar-refractivity contribution < 1.29 is 19.5 Å². The lowest BCUT2D eigenvalue weighted by atomic mass is 9.73. The highest BCUT2D eigenvalue weighted by molar-refractivity contribution is 6.35. The number of halogens is 2. The molecule has 6 nitrogen and oxygen atoms in total. The van der Waals surface area contributed by atoms with Gasteiger partial charge in [-0.2, -0.15) is 0 Å². The van der Waals surface area contributed by atoms with E-state index in [1.807, 2.05) is 0 Å². The van der Waals surface area contributed by atoms with E-state index in [4.69, 9.17) is 28.3 Å². The van der Waals surface area contributed by atoms with Gasteiger partial charge in [-0.05, 0) is 43.9 Å². The van der Waals surface area contributed by atoms with Gasteiger partial charge in [-0.1, -0.05) is 23.2 Å². The van der Waals surface area contributed by atoms with Crippen LogP contribution in [-0.4, -0.2) is 40.4 Å². The molecule has 0 bridgehead atoms. The van der Waals surface area contributed by atoms with Crippen molar-refractivity contribution in [2.45, 2.75) is 31.7 Å². The summed E-state index contributed by atoms with van der Waals surface area (Å²) in [4.78, 5) is 37.9. The van der Waals surface area contributed by atoms with Crippen molar-refractivity contribution in [3.63, 3.8) is 0 Å². The Balaban J connectivity index is 1.69. The fraction of sp³-hybridized carbons (Fsp3) is 0.471. The Morgan fingerprint density at radius 2 is 1.68 bits per heavy atom. The normalized spacial score (nSPS) is 25.4. The molecule has 2 fully saturated rings. The monoisotopic (exact) mass is 384 g/mol. The van der Waals surface area contributed by atoms with Crippen molar-refractivity contribution in [3.8, 4) is 0 Å². The van der Waals surface area contributed by atoms with Crippen molar-refractivity contribution in [1.82, 2.24) is 4.90 Å². The number of likely N-dealkylation sites (tertiary alicyclic amines) is 1. The van der Waals surface area contributed by atoms with Crippen LogP contribution in [0.1, 0.15) is 25.7 Å². The summed E-state index contributed by atoms with van der Waals surface area (Å²) in [5.41, 5.74) is 0.467. The molecule has 25 heavy (non-hydrogen) atoms. The van der Waals surface area contributed by atoms with E-state index in [0.717, 1.165) is 0 Å². The van der Waals surface area contributed by atoms with E-state index in [9.17, 15) is 14.4 Å². The number of carbonyl (C=O) groups is 3. The largest absolute Gasteiger partial charge is 0.481 e. The standard InChI is InChI=1S/C17H18Cl2N2O4/c18-9-6-10(19)8-11(7-9)20-15(22)14-2-1-5-21(14)16(23)12-3-4-13(12)17(24)25/h6-8,12-14H,1-5H2,(H,20,22)(H,24,25). The molecule has 0 spiro atoms. The summed E-state index contributed by atoms with van der Waals surface area (Å²) in [5.74, 6) is -2.65. The number of hydrogen-bond acceptors (Lipinski definition) is 3. The topological polar surface area (TPSA) is 86.7 Å². The van der Waals surface area contributed by atoms with Crippen molar-refractivity contribution in [3.05, 3.63) is 28.2 Å². The molecule has 1 aliphatic heterocycles. The summed E-state index contributed by atoms with van der Waals surface area (Å²) in [6, 6.07) is 4.13. The van der Waals surface area contributed by atoms with Crippen molar-refractivity contribution in [2.24, 2.45) is 11.8 Å². The zero-order chi connectivity index (χ0) is 18.1. The Morgan fingerprint density at radius 1 is 1.04 bits per heavy atom. The third-order valence-corrected chi connectivity index (χ3v) is 5.31. The van der Waals surface area contributed by atoms with Crippen LogP contribution >= 0.6 is 23.2 Å². The molecule has 1 aromatic carbocycles. The highest BCUT2D eigenvalue weighted by Gasteiger charge is 2.46. The second kappa shape index (κ2) is 7.22. The number of aliphatic carboxylic acids is 1. The average Bonchev–Trinajstić information content (AvgIpc) is 2.93. The van der Waals surface area contributed by atoms with Crippen molar-refractivity contribution in [1.29, 1.82) is 0 Å². The van der Waals surface area contributed by atoms with Crippen LogP contribution in [0.2, 0.25) is 10.0 Å². The molecule has 134 valence electrons. The molecule has 1 aromatic rings. The number of amides is 2. The first-order chi connectivity index (χ1) is 11.9. The van der Waals surface area contributed by atoms with E-state index >= 15 is 0 Å². The lowest BCUT2D eigenvalue weighted by Gasteiger charge is -2.36. The molecule has 2 amide bonds. The Labute approximate surface area is 155 Å². The summed E-state index contributed by atoms with van der Waals surface area (Å²) in [7, 11) is 0. The van der Waals surface area contributed by atoms with E-state index in [0.29, 0.717) is 48.0 Å². The number of carbonyl (C=O) groups excluding carboxylic acids is 2. The molecule has 3 unspecified atom stereocenters. The number of benzene rings is 1. The van der Waals surface area contributed by atoms with Crippen LogP contribution in [0, 0.1) is 11.8 Å². The smallest absolute Gasteiger partial charge is 0.307 e. The van der Waals surface area contributed by atoms with Gasteiger partial charge in [0.2, 0.25) is 11.8 Å². The van der Waals surface area contributed by atoms with E-state index < -0.39 is 23.8 Å². The highest BCUT2D eigenvalue weighted by atomic mass is 35.5. The summed E-state index contributed by atoms with van der Waals surface area (Å²) in [5, 5.41) is 12.7. The zero-order valence-corrected chi connectivity index (χ0v) is 14.9. The molecule has 1 aliphatic carbocycles. The minimum atomic E-state index is -0.946. The minimum Gasteiger partial charge on any atom is -0.481 e. The summed E-state index contributed by atoms with van der Waals surface area (Å²) < 4.78 is 0. The van der Waals surface area contributed by atoms with Gasteiger partial charge >= 0.3 is 5.97 Å². The fourth-order valence-corrected chi connectivity index (χ4v) is 3.98. The van der Waals surface area contributed by atoms with Gasteiger partial charge in [0.25, 0.3) is 0 Å². The van der Waals surface area contributed by atoms with E-state index in [1.165, 1.54) is 4.90 Å². The first-order valence-electron chi connectivity index (χ1n) is 8.17. The van der Waals surface area contributed by atoms with Crippen LogP contribution in [-0.2, 0) is 14.4 Å². The second-order valence-electron chi connectivity index (χ2n) is 6.47. The van der Waals surface area contributed by atoms with E-state index in [1.54, 1.807) is 18.2 Å². The molecular weight excluding hydrogens is 367 g/mol. The molecule has 2 N–H and O–H groups in total. The number of hydrogen-bond donors (Lipinski definition) is 2. The molecule has 2 aliphatic rings. The maximum absolute atomic E-state index is 12.7. The third-order valence-electron chi connectivity index (χ3n) is 4.88. The number of nitrogens with zero attached hydrogens (tertiary/aromatic N) is 1. The van der Waals surface area contributed by atoms with Gasteiger partial charge < -0.3 is 15.3 Å². The van der Waals surface area contributed by atoms with Crippen LogP contribution in [0.4, 0.5) is 5.69 Å². The van der Waals surface area contributed by atoms with E-state index in [2.05, 4.69) is 5.32 Å². The molecule has 1 heterocycles. The maximum atomic E-state index is 12.7. The van der Waals surface area contributed by atoms with Gasteiger partial charge in [-0.15, -0.1) is 0 Å². The van der Waals surface area contributed by atoms with Crippen LogP contribution in [0.25, 0.3) is 0 Å². The summed E-state index contributed by atoms with van der Waals surface area (Å²) in [6.07, 6.45) is 2.34. The number of rotatable bonds is 4. The SMILES string of the molecule is O=C(O)C1CCC1C(=O)N1CCCC1C(=O)Nc1cc(Cl)cc(Cl)c1.